The lowest BCUT2D eigenvalue weighted by atomic mass is 10.0. The van der Waals surface area contributed by atoms with Crippen molar-refractivity contribution < 1.29 is 43.3 Å². The average Bonchev–Trinajstić information content (AvgIpc) is 4.46. The summed E-state index contributed by atoms with van der Waals surface area (Å²) in [6.07, 6.45) is 0.212. The van der Waals surface area contributed by atoms with Crippen molar-refractivity contribution >= 4 is 109 Å². The lowest BCUT2D eigenvalue weighted by Gasteiger charge is -2.23. The van der Waals surface area contributed by atoms with Crippen molar-refractivity contribution in [2.24, 2.45) is 11.7 Å². The van der Waals surface area contributed by atoms with Gasteiger partial charge in [-0.1, -0.05) is 44.2 Å². The summed E-state index contributed by atoms with van der Waals surface area (Å²) in [5.74, 6) is -2.83. The van der Waals surface area contributed by atoms with Gasteiger partial charge in [-0.05, 0) is 56.3 Å². The van der Waals surface area contributed by atoms with Crippen LogP contribution in [0.2, 0.25) is 0 Å². The Hall–Kier alpha value is -7.35. The number of pyridine rings is 1. The highest BCUT2D eigenvalue weighted by molar-refractivity contribution is 7.15. The smallest absolute Gasteiger partial charge is 0.412 e. The SMILES string of the molecule is CNC(=O)C[C@@H]1NC(=O)c2csc(n2)-c2ccc(-c3nc(NC(=O)OCCCCCN)cs3)nc2-c2csc(n2)-c2csc(n2)[C@H]([C@@H](O)c2ccccc2)NC(=O)CNC(=O)c2nc(sc2COC)[C@H](C(C)C)NC(=O)c2nc1sc2C. The van der Waals surface area contributed by atoms with Crippen LogP contribution in [0.15, 0.2) is 64.0 Å². The van der Waals surface area contributed by atoms with E-state index in [1.54, 1.807) is 70.9 Å². The second kappa shape index (κ2) is 27.2. The Morgan fingerprint density at radius 2 is 1.45 bits per heavy atom. The summed E-state index contributed by atoms with van der Waals surface area (Å²) in [7, 11) is 2.95. The van der Waals surface area contributed by atoms with Gasteiger partial charge in [0.1, 0.15) is 82.2 Å². The van der Waals surface area contributed by atoms with Crippen LogP contribution < -0.4 is 37.6 Å². The fourth-order valence-electron chi connectivity index (χ4n) is 8.37. The van der Waals surface area contributed by atoms with Gasteiger partial charge in [0.05, 0.1) is 48.8 Å². The number of aliphatic hydroxyl groups is 1. The van der Waals surface area contributed by atoms with Gasteiger partial charge in [0.15, 0.2) is 0 Å². The molecule has 29 heteroatoms. The van der Waals surface area contributed by atoms with Gasteiger partial charge >= 0.3 is 6.09 Å². The molecule has 1 aromatic carbocycles. The van der Waals surface area contributed by atoms with E-state index < -0.39 is 66.4 Å². The van der Waals surface area contributed by atoms with Crippen molar-refractivity contribution in [2.75, 3.05) is 39.2 Å². The Morgan fingerprint density at radius 1 is 0.720 bits per heavy atom. The summed E-state index contributed by atoms with van der Waals surface area (Å²) in [5.41, 5.74) is 8.37. The standard InChI is InChI=1S/C53H56N14O9S6/c1-25(2)38-52-67-41(34(82-52)20-75-5)45(72)56-19-37(69)64-42(43(70)27-12-8-6-9-13-27)51-61-33(23-79-51)49-59-31(21-78-49)40-28(14-15-29(57-40)48-62-35(24-80-48)63-53(74)76-17-11-7-10-16-54)47-60-32(22-77-47)44(71)58-30(18-36(68)55-4)50-66-39(26(3)81-50)46(73)65-38/h6,8-9,12-15,21-25,30,38,42-43,70H,7,10-11,16-20,54H2,1-5H3,(H,55,68)(H,56,72)(H,58,71)(H,63,74)(H,64,69)(H,65,73)/t30-,38-,42-,43-/m0/s1. The molecule has 9 N–H and O–H groups in total. The predicted molar refractivity (Wildman–Crippen MR) is 315 cm³/mol. The van der Waals surface area contributed by atoms with E-state index in [1.807, 2.05) is 13.8 Å². The topological polar surface area (TPSA) is 330 Å². The fraction of sp³-hybridized carbons (Fsp3) is 0.340. The molecule has 7 aromatic heterocycles. The Balaban J connectivity index is 1.10. The van der Waals surface area contributed by atoms with Gasteiger partial charge in [-0.25, -0.2) is 39.7 Å². The van der Waals surface area contributed by atoms with Crippen LogP contribution in [0.4, 0.5) is 10.6 Å². The zero-order chi connectivity index (χ0) is 58.0. The minimum atomic E-state index is -1.27. The molecule has 0 saturated heterocycles. The molecule has 0 aliphatic carbocycles. The number of hydrogen-bond donors (Lipinski definition) is 8. The molecule has 0 radical (unpaired) electrons. The Labute approximate surface area is 494 Å². The first-order valence-corrected chi connectivity index (χ1v) is 30.8. The maximum absolute atomic E-state index is 14.3. The van der Waals surface area contributed by atoms with Gasteiger partial charge in [0.2, 0.25) is 11.8 Å². The Morgan fingerprint density at radius 3 is 2.22 bits per heavy atom. The third-order valence-corrected chi connectivity index (χ3v) is 18.3. The number of carbonyl (C=O) groups is 6. The van der Waals surface area contributed by atoms with Crippen LogP contribution in [0.1, 0.15) is 126 Å². The van der Waals surface area contributed by atoms with E-state index in [1.165, 1.54) is 70.8 Å². The van der Waals surface area contributed by atoms with E-state index in [9.17, 15) is 33.9 Å². The highest BCUT2D eigenvalue weighted by Gasteiger charge is 2.33. The van der Waals surface area contributed by atoms with Crippen LogP contribution in [0.5, 0.6) is 0 Å². The van der Waals surface area contributed by atoms with E-state index in [2.05, 4.69) is 36.9 Å². The summed E-state index contributed by atoms with van der Waals surface area (Å²) in [5, 5.41) is 37.9. The number of methoxy groups -OCH3 is 1. The van der Waals surface area contributed by atoms with E-state index in [-0.39, 0.29) is 48.5 Å². The molecule has 9 rings (SSSR count). The Kier molecular flexibility index (Phi) is 19.6. The van der Waals surface area contributed by atoms with E-state index in [4.69, 9.17) is 45.1 Å². The number of carbonyl (C=O) groups excluding carboxylic acids is 6. The molecule has 6 amide bonds. The van der Waals surface area contributed by atoms with Crippen molar-refractivity contribution in [3.8, 4) is 43.4 Å². The number of fused-ring (bicyclic) bond motifs is 14. The van der Waals surface area contributed by atoms with Gasteiger partial charge in [0, 0.05) is 46.1 Å². The molecule has 10 bridgehead atoms. The maximum atomic E-state index is 14.3. The van der Waals surface area contributed by atoms with Crippen LogP contribution in [-0.2, 0) is 25.7 Å². The number of aromatic nitrogens is 7. The molecule has 8 aromatic rings. The van der Waals surface area contributed by atoms with E-state index in [0.29, 0.717) is 86.7 Å². The predicted octanol–water partition coefficient (Wildman–Crippen LogP) is 7.99. The fourth-order valence-corrected chi connectivity index (χ4v) is 13.9. The highest BCUT2D eigenvalue weighted by Crippen LogP contribution is 2.40. The first-order valence-electron chi connectivity index (χ1n) is 25.7. The second-order valence-electron chi connectivity index (χ2n) is 18.8. The number of aryl methyl sites for hydroxylation is 1. The van der Waals surface area contributed by atoms with E-state index in [0.717, 1.165) is 24.2 Å². The molecule has 1 aliphatic rings. The van der Waals surface area contributed by atoms with E-state index >= 15 is 0 Å². The number of unbranched alkanes of at least 4 members (excludes halogenated alkanes) is 2. The number of anilines is 1. The van der Waals surface area contributed by atoms with Crippen LogP contribution >= 0.6 is 68.0 Å². The molecule has 4 atom stereocenters. The van der Waals surface area contributed by atoms with Gasteiger partial charge in [-0.2, -0.15) is 0 Å². The van der Waals surface area contributed by atoms with Crippen molar-refractivity contribution in [1.82, 2.24) is 61.5 Å². The lowest BCUT2D eigenvalue weighted by Crippen LogP contribution is -2.40. The van der Waals surface area contributed by atoms with Crippen LogP contribution in [0.25, 0.3) is 43.4 Å². The third kappa shape index (κ3) is 14.1. The number of nitrogens with zero attached hydrogens (tertiary/aromatic N) is 7. The van der Waals surface area contributed by atoms with Crippen molar-refractivity contribution in [3.05, 3.63) is 111 Å². The van der Waals surface area contributed by atoms with Crippen LogP contribution in [-0.4, -0.2) is 109 Å². The zero-order valence-corrected chi connectivity index (χ0v) is 49.7. The van der Waals surface area contributed by atoms with Crippen LogP contribution in [0.3, 0.4) is 0 Å². The summed E-state index contributed by atoms with van der Waals surface area (Å²) in [6, 6.07) is 9.55. The number of hydrogen-bond acceptors (Lipinski definition) is 23. The second-order valence-corrected chi connectivity index (χ2v) is 24.6. The number of ether oxygens (including phenoxy) is 2. The molecule has 1 aliphatic heterocycles. The molecule has 82 heavy (non-hydrogen) atoms. The molecular weight excluding hydrogens is 1170 g/mol. The maximum Gasteiger partial charge on any atom is 0.412 e. The number of rotatable bonds is 14. The summed E-state index contributed by atoms with van der Waals surface area (Å²) in [6.45, 7) is 5.77. The molecular formula is C53H56N14O9S6. The lowest BCUT2D eigenvalue weighted by molar-refractivity contribution is -0.122. The molecule has 23 nitrogen and oxygen atoms in total. The summed E-state index contributed by atoms with van der Waals surface area (Å²) in [4.78, 5) is 117. The first kappa shape index (κ1) is 59.3. The number of nitrogens with two attached hydrogens (primary N) is 1. The quantitative estimate of drug-likeness (QED) is 0.0478. The van der Waals surface area contributed by atoms with Crippen molar-refractivity contribution in [2.45, 2.75) is 77.3 Å². The minimum absolute atomic E-state index is 0.00197. The minimum Gasteiger partial charge on any atom is -0.449 e. The van der Waals surface area contributed by atoms with Gasteiger partial charge < -0.3 is 46.9 Å². The number of thiazole rings is 6. The molecule has 0 spiro atoms. The number of nitrogens with one attached hydrogen (secondary N) is 6. The normalized spacial score (nSPS) is 16.4. The van der Waals surface area contributed by atoms with Gasteiger partial charge in [0.25, 0.3) is 17.7 Å². The monoisotopic (exact) mass is 1220 g/mol. The number of amides is 6. The molecule has 0 unspecified atom stereocenters. The molecule has 8 heterocycles. The van der Waals surface area contributed by atoms with Gasteiger partial charge in [-0.15, -0.1) is 68.0 Å². The largest absolute Gasteiger partial charge is 0.449 e. The van der Waals surface area contributed by atoms with Crippen molar-refractivity contribution in [3.63, 3.8) is 0 Å². The number of aliphatic hydroxyl groups excluding tert-OH is 1. The van der Waals surface area contributed by atoms with Crippen molar-refractivity contribution in [1.29, 1.82) is 0 Å². The van der Waals surface area contributed by atoms with Crippen LogP contribution in [0, 0.1) is 12.8 Å². The van der Waals surface area contributed by atoms with Gasteiger partial charge in [-0.3, -0.25) is 29.3 Å². The summed E-state index contributed by atoms with van der Waals surface area (Å²) >= 11 is 7.22. The molecule has 0 saturated carbocycles. The molecule has 428 valence electrons. The average molecular weight is 1230 g/mol. The Bertz CT molecular complexity index is 3590. The third-order valence-electron chi connectivity index (χ3n) is 12.6. The summed E-state index contributed by atoms with van der Waals surface area (Å²) < 4.78 is 10.8. The zero-order valence-electron chi connectivity index (χ0n) is 44.8. The first-order chi connectivity index (χ1) is 39.6. The molecule has 0 fully saturated rings. The highest BCUT2D eigenvalue weighted by atomic mass is 32.1. The number of benzene rings is 1.